The molecule has 0 aliphatic heterocycles. The van der Waals surface area contributed by atoms with Gasteiger partial charge in [0.05, 0.1) is 0 Å². The number of aliphatic hydroxyl groups is 2. The number of carboxylic acids is 2. The van der Waals surface area contributed by atoms with Crippen LogP contribution in [0.15, 0.2) is 0 Å². The van der Waals surface area contributed by atoms with E-state index in [-0.39, 0.29) is 17.1 Å². The Labute approximate surface area is 167 Å². The predicted octanol–water partition coefficient (Wildman–Crippen LogP) is 0.238. The zero-order valence-corrected chi connectivity index (χ0v) is 15.9. The molecule has 0 aromatic rings. The van der Waals surface area contributed by atoms with Gasteiger partial charge in [-0.05, 0) is 78.8 Å². The average molecular weight is 407 g/mol. The second kappa shape index (κ2) is 15.4. The van der Waals surface area contributed by atoms with Gasteiger partial charge >= 0.3 is 11.9 Å². The Morgan fingerprint density at radius 3 is 1.35 bits per heavy atom. The van der Waals surface area contributed by atoms with Crippen molar-refractivity contribution in [3.63, 3.8) is 0 Å². The van der Waals surface area contributed by atoms with E-state index in [2.05, 4.69) is 51.6 Å². The fourth-order valence-electron chi connectivity index (χ4n) is 1.56. The molecule has 4 N–H and O–H groups in total. The van der Waals surface area contributed by atoms with Crippen LogP contribution in [0.5, 0.6) is 0 Å². The third-order valence-electron chi connectivity index (χ3n) is 3.31. The Balaban J connectivity index is 0. The Bertz CT molecular complexity index is 358. The normalized spacial score (nSPS) is 19.9. The summed E-state index contributed by atoms with van der Waals surface area (Å²) in [6, 6.07) is 0.537. The second-order valence-corrected chi connectivity index (χ2v) is 5.39. The van der Waals surface area contributed by atoms with Crippen molar-refractivity contribution in [2.75, 3.05) is 14.1 Å². The van der Waals surface area contributed by atoms with Crippen LogP contribution < -0.4 is 0 Å². The molecule has 2 rings (SSSR count). The minimum absolute atomic E-state index is 0. The Morgan fingerprint density at radius 1 is 0.808 bits per heavy atom. The molecule has 0 unspecified atom stereocenters. The van der Waals surface area contributed by atoms with Gasteiger partial charge in [0.25, 0.3) is 0 Å². The first-order valence-electron chi connectivity index (χ1n) is 7.55. The summed E-state index contributed by atoms with van der Waals surface area (Å²) in [5.74, 6) is -2.14. The van der Waals surface area contributed by atoms with Gasteiger partial charge in [0, 0.05) is 29.0 Å². The van der Waals surface area contributed by atoms with Crippen molar-refractivity contribution < 1.29 is 47.1 Å². The summed E-state index contributed by atoms with van der Waals surface area (Å²) in [5, 5.41) is 32.5. The van der Waals surface area contributed by atoms with E-state index in [1.54, 1.807) is 0 Å². The Morgan fingerprint density at radius 2 is 1.12 bits per heavy atom. The molecule has 0 amide bonds. The van der Waals surface area contributed by atoms with Crippen LogP contribution in [-0.4, -0.2) is 69.6 Å². The molecule has 0 aromatic heterocycles. The van der Waals surface area contributed by atoms with E-state index in [9.17, 15) is 9.59 Å². The molecule has 8 heteroatoms. The Kier molecular flexibility index (Phi) is 16.3. The zero-order chi connectivity index (χ0) is 19.4. The van der Waals surface area contributed by atoms with Gasteiger partial charge in [-0.2, -0.15) is 0 Å². The molecular weight excluding hydrogens is 382 g/mol. The van der Waals surface area contributed by atoms with Crippen LogP contribution in [0.2, 0.25) is 0 Å². The average Bonchev–Trinajstić information content (AvgIpc) is 3.28. The molecule has 146 valence electrons. The first-order chi connectivity index (χ1) is 11.7. The number of aliphatic hydroxyl groups excluding tert-OH is 2. The van der Waals surface area contributed by atoms with Crippen molar-refractivity contribution in [3.05, 3.63) is 63.7 Å². The fraction of sp³-hybridized carbons (Fsp3) is 0.333. The molecule has 0 aromatic carbocycles. The van der Waals surface area contributed by atoms with E-state index >= 15 is 0 Å². The molecule has 0 saturated heterocycles. The van der Waals surface area contributed by atoms with Gasteiger partial charge in [0.15, 0.2) is 12.2 Å². The van der Waals surface area contributed by atoms with Gasteiger partial charge in [-0.25, -0.2) is 9.59 Å². The predicted molar refractivity (Wildman–Crippen MR) is 92.4 cm³/mol. The topological polar surface area (TPSA) is 118 Å². The van der Waals surface area contributed by atoms with E-state index in [0.29, 0.717) is 6.04 Å². The largest absolute Gasteiger partial charge is 0.479 e. The van der Waals surface area contributed by atoms with Gasteiger partial charge in [-0.1, -0.05) is 0 Å². The van der Waals surface area contributed by atoms with Crippen molar-refractivity contribution in [3.8, 4) is 0 Å². The van der Waals surface area contributed by atoms with Crippen LogP contribution in [0.4, 0.5) is 0 Å². The summed E-state index contributed by atoms with van der Waals surface area (Å²) < 4.78 is 0. The SMILES string of the molecule is C[C@@H]([C]1[CH][CH][CH][CH]1)N(C)C.O=C(O)[C@H](O)[C@@H](O)C(=O)O.[CH]1[CH][CH][CH][CH]1.[Fe]. The number of nitrogens with zero attached hydrogens (tertiary/aromatic N) is 1. The van der Waals surface area contributed by atoms with Gasteiger partial charge in [0.2, 0.25) is 0 Å². The van der Waals surface area contributed by atoms with Gasteiger partial charge in [-0.3, -0.25) is 0 Å². The van der Waals surface area contributed by atoms with Crippen LogP contribution in [-0.2, 0) is 26.7 Å². The molecule has 0 bridgehead atoms. The number of aliphatic carboxylic acids is 2. The van der Waals surface area contributed by atoms with E-state index in [1.165, 1.54) is 5.92 Å². The number of rotatable bonds is 5. The van der Waals surface area contributed by atoms with E-state index in [4.69, 9.17) is 20.4 Å². The summed E-state index contributed by atoms with van der Waals surface area (Å²) in [5.41, 5.74) is 0. The van der Waals surface area contributed by atoms with Crippen molar-refractivity contribution in [1.82, 2.24) is 4.90 Å². The third kappa shape index (κ3) is 11.9. The quantitative estimate of drug-likeness (QED) is 0.482. The smallest absolute Gasteiger partial charge is 0.335 e. The van der Waals surface area contributed by atoms with Gasteiger partial charge in [-0.15, -0.1) is 0 Å². The van der Waals surface area contributed by atoms with Gasteiger partial charge < -0.3 is 25.3 Å². The fourth-order valence-corrected chi connectivity index (χ4v) is 1.56. The molecule has 10 radical (unpaired) electrons. The first-order valence-corrected chi connectivity index (χ1v) is 7.55. The number of carboxylic acid groups (broad SMARTS) is 2. The maximum Gasteiger partial charge on any atom is 0.335 e. The molecule has 26 heavy (non-hydrogen) atoms. The van der Waals surface area contributed by atoms with Crippen LogP contribution in [0.3, 0.4) is 0 Å². The van der Waals surface area contributed by atoms with Crippen molar-refractivity contribution in [2.24, 2.45) is 0 Å². The van der Waals surface area contributed by atoms with E-state index in [1.807, 2.05) is 32.1 Å². The van der Waals surface area contributed by atoms with E-state index < -0.39 is 24.1 Å². The molecule has 0 heterocycles. The summed E-state index contributed by atoms with van der Waals surface area (Å²) >= 11 is 0. The standard InChI is InChI=1S/C9H14N.C5H5.C4H6O6.Fe/c1-8(10(2)3)9-6-4-5-7-9;1-2-4-5-3-1;5-1(3(7)8)2(6)4(9)10;/h4-8H,1-3H3;1-5H;1-2,5-6H,(H,7,8)(H,9,10);/t8-;;1-,2-;/m0.1./s1. The van der Waals surface area contributed by atoms with Crippen molar-refractivity contribution in [1.29, 1.82) is 0 Å². The summed E-state index contributed by atoms with van der Waals surface area (Å²) in [6.45, 7) is 2.20. The molecule has 3 atom stereocenters. The summed E-state index contributed by atoms with van der Waals surface area (Å²) in [7, 11) is 4.19. The van der Waals surface area contributed by atoms with Crippen molar-refractivity contribution in [2.45, 2.75) is 25.2 Å². The van der Waals surface area contributed by atoms with Crippen LogP contribution in [0.1, 0.15) is 6.92 Å². The summed E-state index contributed by atoms with van der Waals surface area (Å²) in [6.07, 6.45) is 13.9. The van der Waals surface area contributed by atoms with Gasteiger partial charge in [0.1, 0.15) is 0 Å². The number of carbonyl (C=O) groups is 2. The molecule has 2 aliphatic rings. The molecular formula is C18H25FeNO6. The molecule has 7 nitrogen and oxygen atoms in total. The van der Waals surface area contributed by atoms with Crippen LogP contribution >= 0.6 is 0 Å². The molecule has 2 fully saturated rings. The minimum atomic E-state index is -2.27. The zero-order valence-electron chi connectivity index (χ0n) is 14.8. The maximum absolute atomic E-state index is 9.77. The second-order valence-electron chi connectivity index (χ2n) is 5.39. The Hall–Kier alpha value is -0.661. The van der Waals surface area contributed by atoms with Crippen LogP contribution in [0, 0.1) is 63.7 Å². The maximum atomic E-state index is 9.77. The van der Waals surface area contributed by atoms with Crippen molar-refractivity contribution >= 4 is 11.9 Å². The first kappa shape index (κ1) is 27.6. The molecule has 0 spiro atoms. The minimum Gasteiger partial charge on any atom is -0.479 e. The number of hydrogen-bond acceptors (Lipinski definition) is 5. The molecule has 2 aliphatic carbocycles. The monoisotopic (exact) mass is 407 g/mol. The number of hydrogen-bond donors (Lipinski definition) is 4. The molecule has 2 saturated carbocycles. The third-order valence-corrected chi connectivity index (χ3v) is 3.31. The van der Waals surface area contributed by atoms with Crippen LogP contribution in [0.25, 0.3) is 0 Å². The van der Waals surface area contributed by atoms with E-state index in [0.717, 1.165) is 0 Å². The summed E-state index contributed by atoms with van der Waals surface area (Å²) in [4.78, 5) is 21.7.